The lowest BCUT2D eigenvalue weighted by Crippen LogP contribution is -2.52. The number of fused-ring (bicyclic) bond motifs is 1. The Morgan fingerprint density at radius 3 is 2.45 bits per heavy atom. The van der Waals surface area contributed by atoms with Crippen molar-refractivity contribution in [1.29, 1.82) is 5.26 Å². The van der Waals surface area contributed by atoms with Gasteiger partial charge in [-0.2, -0.15) is 18.4 Å². The van der Waals surface area contributed by atoms with Crippen LogP contribution >= 0.6 is 0 Å². The van der Waals surface area contributed by atoms with E-state index in [1.54, 1.807) is 4.90 Å². The summed E-state index contributed by atoms with van der Waals surface area (Å²) in [4.78, 5) is 39.5. The summed E-state index contributed by atoms with van der Waals surface area (Å²) in [5, 5.41) is 17.8. The van der Waals surface area contributed by atoms with Crippen LogP contribution < -0.4 is 5.73 Å². The van der Waals surface area contributed by atoms with E-state index in [1.165, 1.54) is 18.6 Å². The summed E-state index contributed by atoms with van der Waals surface area (Å²) in [5.41, 5.74) is 6.42. The predicted molar refractivity (Wildman–Crippen MR) is 130 cm³/mol. The van der Waals surface area contributed by atoms with Crippen molar-refractivity contribution in [3.05, 3.63) is 30.5 Å². The molecule has 1 fully saturated rings. The van der Waals surface area contributed by atoms with E-state index >= 15 is 0 Å². The van der Waals surface area contributed by atoms with Crippen molar-refractivity contribution >= 4 is 23.0 Å². The summed E-state index contributed by atoms with van der Waals surface area (Å²) in [7, 11) is 0. The molecule has 11 nitrogen and oxygen atoms in total. The van der Waals surface area contributed by atoms with Crippen LogP contribution in [0.5, 0.6) is 0 Å². The predicted octanol–water partition coefficient (Wildman–Crippen LogP) is 3.20. The van der Waals surface area contributed by atoms with Gasteiger partial charge in [-0.3, -0.25) is 4.79 Å². The number of nitrogens with zero attached hydrogens (tertiary/aromatic N) is 6. The van der Waals surface area contributed by atoms with E-state index in [0.29, 0.717) is 13.1 Å². The highest BCUT2D eigenvalue weighted by Crippen LogP contribution is 2.23. The molecule has 0 spiro atoms. The third kappa shape index (κ3) is 7.06. The number of nitriles is 1. The molecule has 1 atom stereocenters. The average molecular weight is 535 g/mol. The number of imidazole rings is 1. The van der Waals surface area contributed by atoms with E-state index in [0.717, 1.165) is 23.7 Å². The first-order valence-corrected chi connectivity index (χ1v) is 11.8. The maximum Gasteiger partial charge on any atom is 0.406 e. The first kappa shape index (κ1) is 28.6. The number of piperidine rings is 1. The van der Waals surface area contributed by atoms with Crippen molar-refractivity contribution in [2.75, 3.05) is 13.1 Å². The fraction of sp³-hybridized carbons (Fsp3) is 0.500. The van der Waals surface area contributed by atoms with Crippen molar-refractivity contribution in [3.63, 3.8) is 0 Å². The van der Waals surface area contributed by atoms with Gasteiger partial charge >= 0.3 is 12.1 Å². The summed E-state index contributed by atoms with van der Waals surface area (Å²) in [6.45, 7) is 6.08. The Balaban J connectivity index is 0.000000223. The maximum absolute atomic E-state index is 12.3. The highest BCUT2D eigenvalue weighted by molar-refractivity contribution is 6.00. The molecular weight excluding hydrogens is 505 g/mol. The largest absolute Gasteiger partial charge is 0.478 e. The van der Waals surface area contributed by atoms with E-state index in [2.05, 4.69) is 26.0 Å². The summed E-state index contributed by atoms with van der Waals surface area (Å²) in [6.07, 6.45) is 1.97. The first-order chi connectivity index (χ1) is 17.7. The third-order valence-corrected chi connectivity index (χ3v) is 6.06. The Kier molecular flexibility index (Phi) is 8.41. The van der Waals surface area contributed by atoms with Gasteiger partial charge < -0.3 is 25.3 Å². The van der Waals surface area contributed by atoms with Crippen LogP contribution in [0.4, 0.5) is 13.2 Å². The lowest BCUT2D eigenvalue weighted by molar-refractivity contribution is -0.140. The number of carbonyl (C=O) groups excluding carboxylic acids is 1. The summed E-state index contributed by atoms with van der Waals surface area (Å²) >= 11 is 0. The van der Waals surface area contributed by atoms with Crippen molar-refractivity contribution in [2.45, 2.75) is 52.4 Å². The van der Waals surface area contributed by atoms with Crippen LogP contribution in [0, 0.1) is 22.7 Å². The fourth-order valence-corrected chi connectivity index (χ4v) is 3.76. The Labute approximate surface area is 216 Å². The molecule has 1 aliphatic rings. The highest BCUT2D eigenvalue weighted by atomic mass is 19.4. The second-order valence-corrected chi connectivity index (χ2v) is 10.1. The Morgan fingerprint density at radius 1 is 1.24 bits per heavy atom. The van der Waals surface area contributed by atoms with Gasteiger partial charge in [0.15, 0.2) is 5.65 Å². The minimum Gasteiger partial charge on any atom is -0.478 e. The van der Waals surface area contributed by atoms with Crippen LogP contribution in [-0.2, 0) is 11.3 Å². The van der Waals surface area contributed by atoms with Gasteiger partial charge in [0.25, 0.3) is 0 Å². The fourth-order valence-electron chi connectivity index (χ4n) is 3.76. The van der Waals surface area contributed by atoms with E-state index in [-0.39, 0.29) is 45.4 Å². The van der Waals surface area contributed by atoms with Crippen LogP contribution in [0.2, 0.25) is 0 Å². The normalized spacial score (nSPS) is 15.5. The zero-order valence-corrected chi connectivity index (χ0v) is 21.2. The molecule has 38 heavy (non-hydrogen) atoms. The number of aromatic amines is 1. The highest BCUT2D eigenvalue weighted by Gasteiger charge is 2.33. The minimum atomic E-state index is -4.36. The standard InChI is InChI=1S/C12H8F3N5O2.C12H21N3O/c13-12(14,15)4-20-3-8(18-5-20)7-2-17-10-9(19-7)6(1-16-10)11(21)22;1-12(2,3)10(14)11(16)15-6-4-9(8-13)5-7-15/h1-3,5H,4H2,(H,16,17)(H,21,22);9-10H,4-7,14H2,1-3H3/t;10-/m.0/s1. The topological polar surface area (TPSA) is 167 Å². The minimum absolute atomic E-state index is 0.0175. The number of rotatable bonds is 4. The number of aromatic carboxylic acids is 1. The van der Waals surface area contributed by atoms with E-state index < -0.39 is 24.7 Å². The van der Waals surface area contributed by atoms with Gasteiger partial charge in [0, 0.05) is 31.4 Å². The van der Waals surface area contributed by atoms with Crippen LogP contribution in [0.15, 0.2) is 24.9 Å². The van der Waals surface area contributed by atoms with Crippen molar-refractivity contribution in [2.24, 2.45) is 17.1 Å². The van der Waals surface area contributed by atoms with Crippen molar-refractivity contribution in [3.8, 4) is 17.5 Å². The number of nitrogens with one attached hydrogen (secondary N) is 1. The molecule has 0 bridgehead atoms. The molecule has 204 valence electrons. The van der Waals surface area contributed by atoms with Crippen molar-refractivity contribution < 1.29 is 27.9 Å². The van der Waals surface area contributed by atoms with E-state index in [4.69, 9.17) is 16.1 Å². The lowest BCUT2D eigenvalue weighted by Gasteiger charge is -2.35. The smallest absolute Gasteiger partial charge is 0.406 e. The number of carboxylic acids is 1. The van der Waals surface area contributed by atoms with Gasteiger partial charge in [-0.05, 0) is 18.3 Å². The van der Waals surface area contributed by atoms with E-state index in [9.17, 15) is 22.8 Å². The van der Waals surface area contributed by atoms with Crippen LogP contribution in [-0.4, -0.2) is 71.7 Å². The second-order valence-electron chi connectivity index (χ2n) is 10.1. The molecule has 3 aromatic heterocycles. The molecule has 0 unspecified atom stereocenters. The molecule has 4 heterocycles. The molecule has 0 saturated carbocycles. The molecular formula is C24H29F3N8O3. The average Bonchev–Trinajstić information content (AvgIpc) is 3.48. The summed E-state index contributed by atoms with van der Waals surface area (Å²) < 4.78 is 37.8. The first-order valence-electron chi connectivity index (χ1n) is 11.8. The van der Waals surface area contributed by atoms with Gasteiger partial charge in [0.1, 0.15) is 29.0 Å². The number of carbonyl (C=O) groups is 2. The van der Waals surface area contributed by atoms with Crippen LogP contribution in [0.3, 0.4) is 0 Å². The number of H-pyrrole nitrogens is 1. The zero-order valence-electron chi connectivity index (χ0n) is 21.2. The SMILES string of the molecule is CC(C)(C)[C@@H](N)C(=O)N1CCC(C#N)CC1.O=C(O)c1c[nH]c2ncc(-c3cn(CC(F)(F)F)cn3)nc12. The number of likely N-dealkylation sites (tertiary alicyclic amines) is 1. The molecule has 1 amide bonds. The number of hydrogen-bond acceptors (Lipinski definition) is 7. The zero-order chi connectivity index (χ0) is 28.3. The number of amides is 1. The molecule has 0 aromatic carbocycles. The maximum atomic E-state index is 12.3. The quantitative estimate of drug-likeness (QED) is 0.459. The molecule has 1 saturated heterocycles. The Hall–Kier alpha value is -3.99. The monoisotopic (exact) mass is 534 g/mol. The van der Waals surface area contributed by atoms with Crippen LogP contribution in [0.25, 0.3) is 22.6 Å². The van der Waals surface area contributed by atoms with Gasteiger partial charge in [-0.25, -0.2) is 19.7 Å². The number of carboxylic acid groups (broad SMARTS) is 1. The van der Waals surface area contributed by atoms with Crippen molar-refractivity contribution in [1.82, 2.24) is 29.4 Å². The number of alkyl halides is 3. The second kappa shape index (κ2) is 11.2. The number of hydrogen-bond donors (Lipinski definition) is 3. The summed E-state index contributed by atoms with van der Waals surface area (Å²) in [5.74, 6) is -1.06. The Bertz CT molecular complexity index is 1330. The van der Waals surface area contributed by atoms with Crippen LogP contribution in [0.1, 0.15) is 44.0 Å². The number of nitrogens with two attached hydrogens (primary N) is 1. The van der Waals surface area contributed by atoms with Gasteiger partial charge in [-0.15, -0.1) is 0 Å². The Morgan fingerprint density at radius 2 is 1.89 bits per heavy atom. The van der Waals surface area contributed by atoms with Gasteiger partial charge in [0.05, 0.1) is 24.6 Å². The molecule has 1 aliphatic heterocycles. The molecule has 0 aliphatic carbocycles. The molecule has 4 N–H and O–H groups in total. The van der Waals surface area contributed by atoms with E-state index in [1.807, 2.05) is 20.8 Å². The van der Waals surface area contributed by atoms with Gasteiger partial charge in [0.2, 0.25) is 5.91 Å². The number of halogens is 3. The summed E-state index contributed by atoms with van der Waals surface area (Å²) in [6, 6.07) is 1.80. The lowest BCUT2D eigenvalue weighted by atomic mass is 9.86. The number of aromatic nitrogens is 5. The molecule has 0 radical (unpaired) electrons. The molecule has 3 aromatic rings. The molecule has 4 rings (SSSR count). The molecule has 14 heteroatoms. The van der Waals surface area contributed by atoms with Gasteiger partial charge in [-0.1, -0.05) is 20.8 Å². The third-order valence-electron chi connectivity index (χ3n) is 6.06.